The highest BCUT2D eigenvalue weighted by atomic mass is 32.2. The molecule has 0 N–H and O–H groups in total. The molecule has 1 aromatic carbocycles. The summed E-state index contributed by atoms with van der Waals surface area (Å²) in [4.78, 5) is 25.6. The van der Waals surface area contributed by atoms with E-state index in [2.05, 4.69) is 0 Å². The number of fused-ring (bicyclic) bond motifs is 1. The number of aromatic nitrogens is 2. The molecule has 0 unspecified atom stereocenters. The number of piperidine rings is 1. The van der Waals surface area contributed by atoms with Gasteiger partial charge in [-0.15, -0.1) is 0 Å². The second-order valence-corrected chi connectivity index (χ2v) is 10.2. The van der Waals surface area contributed by atoms with Crippen LogP contribution in [0.25, 0.3) is 0 Å². The number of hydrogen-bond acceptors (Lipinski definition) is 6. The van der Waals surface area contributed by atoms with Gasteiger partial charge in [0, 0.05) is 46.1 Å². The monoisotopic (exact) mass is 443 g/mol. The Balaban J connectivity index is 1.76. The van der Waals surface area contributed by atoms with E-state index in [1.807, 2.05) is 25.1 Å². The number of carbonyl (C=O) groups is 1. The minimum atomic E-state index is -3.65. The van der Waals surface area contributed by atoms with Crippen LogP contribution < -0.4 is 4.90 Å². The Morgan fingerprint density at radius 2 is 1.84 bits per heavy atom. The van der Waals surface area contributed by atoms with Crippen molar-refractivity contribution in [2.45, 2.75) is 50.1 Å². The molecular weight excluding hydrogens is 414 g/mol. The summed E-state index contributed by atoms with van der Waals surface area (Å²) in [5, 5.41) is 0. The normalized spacial score (nSPS) is 19.7. The first kappa shape index (κ1) is 21.7. The van der Waals surface area contributed by atoms with Crippen molar-refractivity contribution < 1.29 is 13.2 Å². The summed E-state index contributed by atoms with van der Waals surface area (Å²) in [5.41, 5.74) is 1.86. The highest BCUT2D eigenvalue weighted by molar-refractivity contribution is 7.89. The zero-order valence-corrected chi connectivity index (χ0v) is 19.1. The predicted molar refractivity (Wildman–Crippen MR) is 118 cm³/mol. The van der Waals surface area contributed by atoms with Crippen molar-refractivity contribution in [2.75, 3.05) is 32.1 Å². The van der Waals surface area contributed by atoms with Crippen LogP contribution in [0.15, 0.2) is 35.2 Å². The van der Waals surface area contributed by atoms with Crippen molar-refractivity contribution in [1.82, 2.24) is 19.2 Å². The van der Waals surface area contributed by atoms with Crippen molar-refractivity contribution in [3.8, 4) is 0 Å². The van der Waals surface area contributed by atoms with Crippen LogP contribution >= 0.6 is 0 Å². The minimum Gasteiger partial charge on any atom is -0.362 e. The first-order valence-electron chi connectivity index (χ1n) is 10.7. The molecule has 0 bridgehead atoms. The second kappa shape index (κ2) is 8.55. The summed E-state index contributed by atoms with van der Waals surface area (Å²) in [6.07, 6.45) is 3.09. The molecule has 0 saturated carbocycles. The van der Waals surface area contributed by atoms with Crippen molar-refractivity contribution >= 4 is 21.7 Å². The Kier molecular flexibility index (Phi) is 5.98. The van der Waals surface area contributed by atoms with Gasteiger partial charge in [0.1, 0.15) is 11.6 Å². The van der Waals surface area contributed by atoms with Crippen LogP contribution in [-0.2, 0) is 27.8 Å². The summed E-state index contributed by atoms with van der Waals surface area (Å²) in [6, 6.07) is 8.17. The number of anilines is 1. The van der Waals surface area contributed by atoms with Crippen molar-refractivity contribution in [3.05, 3.63) is 47.4 Å². The van der Waals surface area contributed by atoms with E-state index >= 15 is 0 Å². The molecule has 1 atom stereocenters. The fourth-order valence-electron chi connectivity index (χ4n) is 4.38. The van der Waals surface area contributed by atoms with E-state index < -0.39 is 16.1 Å². The second-order valence-electron chi connectivity index (χ2n) is 8.36. The van der Waals surface area contributed by atoms with Gasteiger partial charge in [0.05, 0.1) is 23.2 Å². The fraction of sp³-hybridized carbons (Fsp3) is 0.500. The van der Waals surface area contributed by atoms with Gasteiger partial charge in [-0.3, -0.25) is 4.79 Å². The van der Waals surface area contributed by atoms with E-state index in [0.29, 0.717) is 43.2 Å². The smallest absolute Gasteiger partial charge is 0.243 e. The van der Waals surface area contributed by atoms with Crippen LogP contribution in [0.5, 0.6) is 0 Å². The summed E-state index contributed by atoms with van der Waals surface area (Å²) in [7, 11) is 0.183. The fourth-order valence-corrected chi connectivity index (χ4v) is 6.06. The average molecular weight is 444 g/mol. The van der Waals surface area contributed by atoms with E-state index in [4.69, 9.17) is 9.97 Å². The van der Waals surface area contributed by atoms with Crippen molar-refractivity contribution in [1.29, 1.82) is 0 Å². The first-order chi connectivity index (χ1) is 14.8. The summed E-state index contributed by atoms with van der Waals surface area (Å²) < 4.78 is 28.4. The van der Waals surface area contributed by atoms with Crippen LogP contribution in [0.3, 0.4) is 0 Å². The Morgan fingerprint density at radius 1 is 1.10 bits per heavy atom. The van der Waals surface area contributed by atoms with Gasteiger partial charge in [-0.1, -0.05) is 24.6 Å². The van der Waals surface area contributed by atoms with E-state index in [1.165, 1.54) is 0 Å². The van der Waals surface area contributed by atoms with Gasteiger partial charge < -0.3 is 9.80 Å². The number of hydrogen-bond donors (Lipinski definition) is 0. The molecule has 1 fully saturated rings. The van der Waals surface area contributed by atoms with Crippen LogP contribution in [0, 0.1) is 0 Å². The molecular formula is C22H29N5O3S. The van der Waals surface area contributed by atoms with Crippen molar-refractivity contribution in [3.63, 3.8) is 0 Å². The maximum Gasteiger partial charge on any atom is 0.243 e. The van der Waals surface area contributed by atoms with Gasteiger partial charge in [0.15, 0.2) is 0 Å². The highest BCUT2D eigenvalue weighted by Gasteiger charge is 2.37. The molecule has 166 valence electrons. The number of rotatable bonds is 4. The minimum absolute atomic E-state index is 0.0341. The topological polar surface area (TPSA) is 86.7 Å². The lowest BCUT2D eigenvalue weighted by Gasteiger charge is -2.35. The van der Waals surface area contributed by atoms with E-state index in [9.17, 15) is 13.2 Å². The Labute approximate surface area is 183 Å². The Hall–Kier alpha value is -2.52. The standard InChI is InChI=1S/C22H29N5O3S/c1-16(28)26-14-12-19-18(15-26)22(25(2)3)24-21(23-19)20-11-7-8-13-27(20)31(29,30)17-9-5-4-6-10-17/h4-6,9-10,20H,7-8,11-15H2,1-3H3/t20-/m1/s1. The number of carbonyl (C=O) groups excluding carboxylic acids is 1. The Bertz CT molecular complexity index is 1070. The third kappa shape index (κ3) is 4.16. The molecule has 31 heavy (non-hydrogen) atoms. The van der Waals surface area contributed by atoms with Gasteiger partial charge in [0.25, 0.3) is 0 Å². The summed E-state index contributed by atoms with van der Waals surface area (Å²) >= 11 is 0. The maximum atomic E-state index is 13.4. The molecule has 4 rings (SSSR count). The SMILES string of the molecule is CC(=O)N1CCc2nc([C@H]3CCCCN3S(=O)(=O)c3ccccc3)nc(N(C)C)c2C1. The molecule has 0 aliphatic carbocycles. The largest absolute Gasteiger partial charge is 0.362 e. The molecule has 2 aromatic rings. The maximum absolute atomic E-state index is 13.4. The van der Waals surface area contributed by atoms with Crippen LogP contribution in [-0.4, -0.2) is 60.7 Å². The van der Waals surface area contributed by atoms with Gasteiger partial charge in [0.2, 0.25) is 15.9 Å². The molecule has 9 heteroatoms. The number of benzene rings is 1. The quantitative estimate of drug-likeness (QED) is 0.721. The molecule has 2 aliphatic heterocycles. The predicted octanol–water partition coefficient (Wildman–Crippen LogP) is 2.36. The van der Waals surface area contributed by atoms with Crippen molar-refractivity contribution in [2.24, 2.45) is 0 Å². The van der Waals surface area contributed by atoms with Crippen LogP contribution in [0.4, 0.5) is 5.82 Å². The van der Waals surface area contributed by atoms with Gasteiger partial charge in [-0.2, -0.15) is 4.31 Å². The van der Waals surface area contributed by atoms with Crippen LogP contribution in [0.1, 0.15) is 49.3 Å². The third-order valence-electron chi connectivity index (χ3n) is 6.03. The molecule has 1 amide bonds. The molecule has 0 radical (unpaired) electrons. The first-order valence-corrected chi connectivity index (χ1v) is 12.1. The summed E-state index contributed by atoms with van der Waals surface area (Å²) in [5.74, 6) is 1.35. The lowest BCUT2D eigenvalue weighted by molar-refractivity contribution is -0.129. The van der Waals surface area contributed by atoms with Gasteiger partial charge >= 0.3 is 0 Å². The third-order valence-corrected chi connectivity index (χ3v) is 7.95. The average Bonchev–Trinajstić information content (AvgIpc) is 2.78. The van der Waals surface area contributed by atoms with E-state index in [-0.39, 0.29) is 5.91 Å². The van der Waals surface area contributed by atoms with Crippen LogP contribution in [0.2, 0.25) is 0 Å². The number of sulfonamides is 1. The molecule has 8 nitrogen and oxygen atoms in total. The number of amides is 1. The molecule has 2 aliphatic rings. The van der Waals surface area contributed by atoms with E-state index in [1.54, 1.807) is 40.4 Å². The zero-order valence-electron chi connectivity index (χ0n) is 18.3. The lowest BCUT2D eigenvalue weighted by atomic mass is 10.0. The number of nitrogens with zero attached hydrogens (tertiary/aromatic N) is 5. The van der Waals surface area contributed by atoms with E-state index in [0.717, 1.165) is 29.9 Å². The molecule has 1 aromatic heterocycles. The lowest BCUT2D eigenvalue weighted by Crippen LogP contribution is -2.40. The zero-order chi connectivity index (χ0) is 22.2. The highest BCUT2D eigenvalue weighted by Crippen LogP contribution is 2.36. The summed E-state index contributed by atoms with van der Waals surface area (Å²) in [6.45, 7) is 3.12. The molecule has 1 saturated heterocycles. The van der Waals surface area contributed by atoms with Gasteiger partial charge in [-0.25, -0.2) is 18.4 Å². The molecule has 3 heterocycles. The van der Waals surface area contributed by atoms with Gasteiger partial charge in [-0.05, 0) is 25.0 Å². The molecule has 0 spiro atoms. The Morgan fingerprint density at radius 3 is 2.52 bits per heavy atom.